The fourth-order valence-electron chi connectivity index (χ4n) is 2.00. The van der Waals surface area contributed by atoms with Crippen LogP contribution >= 0.6 is 0 Å². The van der Waals surface area contributed by atoms with Gasteiger partial charge in [0.1, 0.15) is 23.4 Å². The average molecular weight is 285 g/mol. The van der Waals surface area contributed by atoms with Gasteiger partial charge in [0.2, 0.25) is 0 Å². The highest BCUT2D eigenvalue weighted by molar-refractivity contribution is 5.35. The van der Waals surface area contributed by atoms with Gasteiger partial charge in [0.25, 0.3) is 0 Å². The van der Waals surface area contributed by atoms with Crippen molar-refractivity contribution in [3.8, 4) is 17.2 Å². The van der Waals surface area contributed by atoms with Gasteiger partial charge in [-0.3, -0.25) is 0 Å². The van der Waals surface area contributed by atoms with Crippen LogP contribution in [0.2, 0.25) is 0 Å². The van der Waals surface area contributed by atoms with Gasteiger partial charge in [-0.25, -0.2) is 0 Å². The Morgan fingerprint density at radius 3 is 2.00 bits per heavy atom. The number of para-hydroxylation sites is 1. The first-order valence-corrected chi connectivity index (χ1v) is 7.33. The van der Waals surface area contributed by atoms with Crippen molar-refractivity contribution in [2.24, 2.45) is 5.92 Å². The minimum Gasteiger partial charge on any atom is -0.489 e. The lowest BCUT2D eigenvalue weighted by Crippen LogP contribution is -2.33. The van der Waals surface area contributed by atoms with Gasteiger partial charge in [0.05, 0.1) is 0 Å². The van der Waals surface area contributed by atoms with E-state index >= 15 is 0 Å². The van der Waals surface area contributed by atoms with Crippen molar-refractivity contribution in [3.05, 3.63) is 54.6 Å². The minimum absolute atomic E-state index is 0.163. The molecule has 1 N–H and O–H groups in total. The fraction of sp³-hybridized carbons (Fsp3) is 0.333. The van der Waals surface area contributed by atoms with Crippen molar-refractivity contribution < 1.29 is 9.47 Å². The third-order valence-electron chi connectivity index (χ3n) is 3.24. The lowest BCUT2D eigenvalue weighted by Gasteiger charge is -2.22. The zero-order chi connectivity index (χ0) is 15.1. The smallest absolute Gasteiger partial charge is 0.127 e. The molecule has 0 aliphatic heterocycles. The maximum absolute atomic E-state index is 6.00. The second kappa shape index (κ2) is 7.70. The van der Waals surface area contributed by atoms with E-state index in [2.05, 4.69) is 19.2 Å². The monoisotopic (exact) mass is 285 g/mol. The van der Waals surface area contributed by atoms with Crippen LogP contribution in [0.3, 0.4) is 0 Å². The molecule has 3 heteroatoms. The lowest BCUT2D eigenvalue weighted by atomic mass is 10.1. The van der Waals surface area contributed by atoms with Crippen LogP contribution in [0.5, 0.6) is 17.2 Å². The highest BCUT2D eigenvalue weighted by Gasteiger charge is 2.14. The quantitative estimate of drug-likeness (QED) is 0.830. The van der Waals surface area contributed by atoms with E-state index in [0.29, 0.717) is 5.92 Å². The molecule has 0 aliphatic carbocycles. The predicted molar refractivity (Wildman–Crippen MR) is 86.1 cm³/mol. The van der Waals surface area contributed by atoms with E-state index in [1.54, 1.807) is 0 Å². The van der Waals surface area contributed by atoms with E-state index < -0.39 is 0 Å². The first kappa shape index (κ1) is 15.4. The summed E-state index contributed by atoms with van der Waals surface area (Å²) in [6.45, 7) is 5.16. The van der Waals surface area contributed by atoms with Crippen molar-refractivity contribution in [2.75, 3.05) is 13.6 Å². The normalized spacial score (nSPS) is 12.2. The van der Waals surface area contributed by atoms with Crippen LogP contribution in [0, 0.1) is 5.92 Å². The zero-order valence-corrected chi connectivity index (χ0v) is 12.9. The van der Waals surface area contributed by atoms with E-state index in [1.807, 2.05) is 61.6 Å². The molecule has 0 fully saturated rings. The molecular formula is C18H23NO2. The van der Waals surface area contributed by atoms with Gasteiger partial charge < -0.3 is 14.8 Å². The summed E-state index contributed by atoms with van der Waals surface area (Å²) in [7, 11) is 1.94. The third kappa shape index (κ3) is 4.80. The molecule has 0 radical (unpaired) electrons. The molecule has 2 aromatic rings. The molecule has 0 saturated carbocycles. The Balaban J connectivity index is 1.98. The van der Waals surface area contributed by atoms with Crippen LogP contribution in [-0.2, 0) is 0 Å². The molecule has 1 atom stereocenters. The fourth-order valence-corrected chi connectivity index (χ4v) is 2.00. The number of rotatable bonds is 7. The molecule has 0 aliphatic rings. The molecule has 0 amide bonds. The number of ether oxygens (including phenoxy) is 2. The van der Waals surface area contributed by atoms with E-state index in [9.17, 15) is 0 Å². The summed E-state index contributed by atoms with van der Waals surface area (Å²) in [4.78, 5) is 0. The maximum atomic E-state index is 6.00. The highest BCUT2D eigenvalue weighted by atomic mass is 16.5. The first-order valence-electron chi connectivity index (χ1n) is 7.33. The van der Waals surface area contributed by atoms with Crippen LogP contribution in [-0.4, -0.2) is 19.7 Å². The summed E-state index contributed by atoms with van der Waals surface area (Å²) < 4.78 is 11.8. The van der Waals surface area contributed by atoms with Crippen LogP contribution in [0.25, 0.3) is 0 Å². The zero-order valence-electron chi connectivity index (χ0n) is 12.9. The molecule has 0 heterocycles. The summed E-state index contributed by atoms with van der Waals surface area (Å²) in [6, 6.07) is 17.5. The standard InChI is InChI=1S/C18H23NO2/c1-14(2)18(13-19-3)21-17-11-9-16(10-12-17)20-15-7-5-4-6-8-15/h4-12,14,18-19H,13H2,1-3H3. The molecule has 3 nitrogen and oxygen atoms in total. The van der Waals surface area contributed by atoms with Crippen LogP contribution in [0.4, 0.5) is 0 Å². The van der Waals surface area contributed by atoms with E-state index in [1.165, 1.54) is 0 Å². The maximum Gasteiger partial charge on any atom is 0.127 e. The molecule has 1 unspecified atom stereocenters. The number of likely N-dealkylation sites (N-methyl/N-ethyl adjacent to an activating group) is 1. The molecule has 21 heavy (non-hydrogen) atoms. The Labute approximate surface area is 126 Å². The van der Waals surface area contributed by atoms with Gasteiger partial charge in [0.15, 0.2) is 0 Å². The van der Waals surface area contributed by atoms with Gasteiger partial charge >= 0.3 is 0 Å². The van der Waals surface area contributed by atoms with Crippen molar-refractivity contribution in [1.29, 1.82) is 0 Å². The van der Waals surface area contributed by atoms with Gasteiger partial charge in [-0.1, -0.05) is 32.0 Å². The molecule has 112 valence electrons. The van der Waals surface area contributed by atoms with Crippen molar-refractivity contribution >= 4 is 0 Å². The molecule has 0 aromatic heterocycles. The summed E-state index contributed by atoms with van der Waals surface area (Å²) in [5.74, 6) is 2.96. The number of hydrogen-bond donors (Lipinski definition) is 1. The SMILES string of the molecule is CNCC(Oc1ccc(Oc2ccccc2)cc1)C(C)C. The summed E-state index contributed by atoms with van der Waals surface area (Å²) in [5.41, 5.74) is 0. The first-order chi connectivity index (χ1) is 10.2. The van der Waals surface area contributed by atoms with E-state index in [4.69, 9.17) is 9.47 Å². The number of benzene rings is 2. The largest absolute Gasteiger partial charge is 0.489 e. The van der Waals surface area contributed by atoms with Crippen molar-refractivity contribution in [1.82, 2.24) is 5.32 Å². The lowest BCUT2D eigenvalue weighted by molar-refractivity contribution is 0.151. The summed E-state index contributed by atoms with van der Waals surface area (Å²) in [6.07, 6.45) is 0.163. The molecule has 2 aromatic carbocycles. The molecule has 2 rings (SSSR count). The topological polar surface area (TPSA) is 30.5 Å². The Morgan fingerprint density at radius 2 is 1.43 bits per heavy atom. The van der Waals surface area contributed by atoms with Gasteiger partial charge in [-0.05, 0) is 49.4 Å². The van der Waals surface area contributed by atoms with Gasteiger partial charge in [-0.15, -0.1) is 0 Å². The molecule has 0 saturated heterocycles. The number of hydrogen-bond acceptors (Lipinski definition) is 3. The average Bonchev–Trinajstić information content (AvgIpc) is 2.49. The van der Waals surface area contributed by atoms with E-state index in [-0.39, 0.29) is 6.10 Å². The minimum atomic E-state index is 0.163. The highest BCUT2D eigenvalue weighted by Crippen LogP contribution is 2.24. The van der Waals surface area contributed by atoms with Crippen molar-refractivity contribution in [2.45, 2.75) is 20.0 Å². The summed E-state index contributed by atoms with van der Waals surface area (Å²) >= 11 is 0. The van der Waals surface area contributed by atoms with Crippen LogP contribution < -0.4 is 14.8 Å². The summed E-state index contributed by atoms with van der Waals surface area (Å²) in [5, 5.41) is 3.16. The van der Waals surface area contributed by atoms with Crippen molar-refractivity contribution in [3.63, 3.8) is 0 Å². The van der Waals surface area contributed by atoms with Gasteiger partial charge in [-0.2, -0.15) is 0 Å². The second-order valence-electron chi connectivity index (χ2n) is 5.34. The number of nitrogens with one attached hydrogen (secondary N) is 1. The Kier molecular flexibility index (Phi) is 5.64. The second-order valence-corrected chi connectivity index (χ2v) is 5.34. The Morgan fingerprint density at radius 1 is 0.857 bits per heavy atom. The molecule has 0 bridgehead atoms. The van der Waals surface area contributed by atoms with Crippen LogP contribution in [0.15, 0.2) is 54.6 Å². The molecule has 0 spiro atoms. The molecular weight excluding hydrogens is 262 g/mol. The van der Waals surface area contributed by atoms with Gasteiger partial charge in [0, 0.05) is 6.54 Å². The predicted octanol–water partition coefficient (Wildman–Crippen LogP) is 4.10. The Bertz CT molecular complexity index is 523. The van der Waals surface area contributed by atoms with Crippen LogP contribution in [0.1, 0.15) is 13.8 Å². The third-order valence-corrected chi connectivity index (χ3v) is 3.24. The Hall–Kier alpha value is -2.00. The van der Waals surface area contributed by atoms with E-state index in [0.717, 1.165) is 23.8 Å².